The van der Waals surface area contributed by atoms with Crippen LogP contribution in [0.1, 0.15) is 52.8 Å². The molecular weight excluding hydrogens is 282 g/mol. The number of carbonyl (C=O) groups excluding carboxylic acids is 2. The minimum atomic E-state index is -1.57. The number of benzene rings is 1. The predicted octanol–water partition coefficient (Wildman–Crippen LogP) is 2.11. The fraction of sp³-hybridized carbons (Fsp3) is 0.529. The molecule has 1 atom stereocenters. The SMILES string of the molecule is CN1C(=O)c2ccccc2C(=O)C12OC1(CCC1)C1(CC1)O2. The van der Waals surface area contributed by atoms with E-state index in [2.05, 4.69) is 0 Å². The summed E-state index contributed by atoms with van der Waals surface area (Å²) in [6.45, 7) is 0. The van der Waals surface area contributed by atoms with Gasteiger partial charge >= 0.3 is 5.91 Å². The molecule has 1 aromatic carbocycles. The summed E-state index contributed by atoms with van der Waals surface area (Å²) in [5, 5.41) is 0. The van der Waals surface area contributed by atoms with E-state index in [1.165, 1.54) is 4.90 Å². The van der Waals surface area contributed by atoms with Crippen LogP contribution in [0, 0.1) is 0 Å². The number of ether oxygens (including phenoxy) is 2. The summed E-state index contributed by atoms with van der Waals surface area (Å²) in [6, 6.07) is 6.90. The first-order valence-electron chi connectivity index (χ1n) is 7.86. The van der Waals surface area contributed by atoms with Crippen molar-refractivity contribution in [2.75, 3.05) is 7.05 Å². The van der Waals surface area contributed by atoms with Gasteiger partial charge in [0, 0.05) is 12.6 Å². The van der Waals surface area contributed by atoms with Crippen LogP contribution in [0.25, 0.3) is 0 Å². The molecule has 3 spiro atoms. The second kappa shape index (κ2) is 3.60. The Morgan fingerprint density at radius 2 is 1.55 bits per heavy atom. The molecule has 4 aliphatic rings. The zero-order chi connectivity index (χ0) is 15.2. The lowest BCUT2D eigenvalue weighted by molar-refractivity contribution is -0.230. The number of amides is 1. The number of ketones is 1. The van der Waals surface area contributed by atoms with Gasteiger partial charge < -0.3 is 9.47 Å². The quantitative estimate of drug-likeness (QED) is 0.736. The van der Waals surface area contributed by atoms with Gasteiger partial charge in [0.05, 0.1) is 5.56 Å². The van der Waals surface area contributed by atoms with Gasteiger partial charge in [-0.25, -0.2) is 0 Å². The molecule has 5 heteroatoms. The molecule has 1 aromatic rings. The molecule has 1 unspecified atom stereocenters. The number of nitrogens with zero attached hydrogens (tertiary/aromatic N) is 1. The lowest BCUT2D eigenvalue weighted by Gasteiger charge is -2.43. The van der Waals surface area contributed by atoms with E-state index in [1.54, 1.807) is 31.3 Å². The highest BCUT2D eigenvalue weighted by atomic mass is 16.8. The lowest BCUT2D eigenvalue weighted by Crippen LogP contribution is -2.61. The first-order valence-corrected chi connectivity index (χ1v) is 7.86. The number of likely N-dealkylation sites (N-methyl/N-ethyl adjacent to an activating group) is 1. The molecule has 22 heavy (non-hydrogen) atoms. The van der Waals surface area contributed by atoms with Crippen molar-refractivity contribution in [3.05, 3.63) is 35.4 Å². The van der Waals surface area contributed by atoms with Crippen molar-refractivity contribution < 1.29 is 19.1 Å². The Morgan fingerprint density at radius 3 is 2.05 bits per heavy atom. The molecule has 5 rings (SSSR count). The van der Waals surface area contributed by atoms with Gasteiger partial charge in [0.2, 0.25) is 5.78 Å². The smallest absolute Gasteiger partial charge is 0.317 e. The molecule has 3 fully saturated rings. The van der Waals surface area contributed by atoms with E-state index < -0.39 is 5.91 Å². The maximum Gasteiger partial charge on any atom is 0.323 e. The molecule has 2 aliphatic carbocycles. The molecule has 0 radical (unpaired) electrons. The zero-order valence-corrected chi connectivity index (χ0v) is 12.4. The molecule has 0 bridgehead atoms. The Labute approximate surface area is 128 Å². The number of Topliss-reactive ketones (excluding diaryl/α,β-unsaturated/α-hetero) is 1. The van der Waals surface area contributed by atoms with Crippen molar-refractivity contribution >= 4 is 11.7 Å². The predicted molar refractivity (Wildman–Crippen MR) is 76.3 cm³/mol. The van der Waals surface area contributed by atoms with Crippen molar-refractivity contribution in [2.24, 2.45) is 0 Å². The average Bonchev–Trinajstić information content (AvgIpc) is 3.18. The van der Waals surface area contributed by atoms with Gasteiger partial charge in [-0.1, -0.05) is 18.2 Å². The molecule has 0 N–H and O–H groups in total. The van der Waals surface area contributed by atoms with Crippen LogP contribution in [0.15, 0.2) is 24.3 Å². The normalized spacial score (nSPS) is 33.4. The number of rotatable bonds is 0. The highest BCUT2D eigenvalue weighted by Crippen LogP contribution is 2.66. The zero-order valence-electron chi connectivity index (χ0n) is 12.4. The van der Waals surface area contributed by atoms with E-state index in [0.29, 0.717) is 11.1 Å². The van der Waals surface area contributed by atoms with Crippen LogP contribution in [-0.4, -0.2) is 40.8 Å². The highest BCUT2D eigenvalue weighted by molar-refractivity contribution is 6.16. The maximum absolute atomic E-state index is 13.1. The third-order valence-corrected chi connectivity index (χ3v) is 5.80. The van der Waals surface area contributed by atoms with Crippen molar-refractivity contribution in [2.45, 2.75) is 49.2 Å². The van der Waals surface area contributed by atoms with E-state index in [0.717, 1.165) is 32.1 Å². The maximum atomic E-state index is 13.1. The third kappa shape index (κ3) is 1.21. The van der Waals surface area contributed by atoms with E-state index >= 15 is 0 Å². The Kier molecular flexibility index (Phi) is 2.09. The Hall–Kier alpha value is -1.72. The number of carbonyl (C=O) groups is 2. The van der Waals surface area contributed by atoms with Crippen LogP contribution in [0.5, 0.6) is 0 Å². The van der Waals surface area contributed by atoms with E-state index in [1.807, 2.05) is 0 Å². The summed E-state index contributed by atoms with van der Waals surface area (Å²) in [5.74, 6) is -2.04. The largest absolute Gasteiger partial charge is 0.323 e. The van der Waals surface area contributed by atoms with Crippen molar-refractivity contribution in [1.29, 1.82) is 0 Å². The number of fused-ring (bicyclic) bond motifs is 2. The molecular formula is C17H17NO4. The topological polar surface area (TPSA) is 55.8 Å². The average molecular weight is 299 g/mol. The summed E-state index contributed by atoms with van der Waals surface area (Å²) < 4.78 is 12.5. The van der Waals surface area contributed by atoms with Gasteiger partial charge in [0.1, 0.15) is 11.2 Å². The van der Waals surface area contributed by atoms with Crippen LogP contribution in [0.2, 0.25) is 0 Å². The summed E-state index contributed by atoms with van der Waals surface area (Å²) in [4.78, 5) is 27.1. The first kappa shape index (κ1) is 12.8. The molecule has 5 nitrogen and oxygen atoms in total. The monoisotopic (exact) mass is 299 g/mol. The van der Waals surface area contributed by atoms with Crippen molar-refractivity contribution in [1.82, 2.24) is 4.90 Å². The molecule has 1 saturated heterocycles. The number of hydrogen-bond acceptors (Lipinski definition) is 4. The summed E-state index contributed by atoms with van der Waals surface area (Å²) in [7, 11) is 1.60. The van der Waals surface area contributed by atoms with E-state index in [9.17, 15) is 9.59 Å². The van der Waals surface area contributed by atoms with Gasteiger partial charge in [-0.15, -0.1) is 0 Å². The highest BCUT2D eigenvalue weighted by Gasteiger charge is 2.77. The van der Waals surface area contributed by atoms with Crippen LogP contribution in [0.3, 0.4) is 0 Å². The summed E-state index contributed by atoms with van der Waals surface area (Å²) in [6.07, 6.45) is 4.72. The Balaban J connectivity index is 1.67. The minimum Gasteiger partial charge on any atom is -0.317 e. The number of hydrogen-bond donors (Lipinski definition) is 0. The van der Waals surface area contributed by atoms with Crippen LogP contribution >= 0.6 is 0 Å². The Morgan fingerprint density at radius 1 is 0.955 bits per heavy atom. The van der Waals surface area contributed by atoms with Gasteiger partial charge in [0.15, 0.2) is 0 Å². The second-order valence-corrected chi connectivity index (χ2v) is 6.87. The Bertz CT molecular complexity index is 719. The minimum absolute atomic E-state index is 0.220. The van der Waals surface area contributed by atoms with Gasteiger partial charge in [-0.3, -0.25) is 14.5 Å². The standard InChI is InChI=1S/C17H17NO4/c1-18-14(20)12-6-3-2-5-11(12)13(19)17(18)21-15(7-4-8-15)16(22-17)9-10-16/h2-3,5-6H,4,7-10H2,1H3. The van der Waals surface area contributed by atoms with E-state index in [-0.39, 0.29) is 22.9 Å². The third-order valence-electron chi connectivity index (χ3n) is 5.80. The van der Waals surface area contributed by atoms with Gasteiger partial charge in [-0.2, -0.15) is 0 Å². The van der Waals surface area contributed by atoms with Crippen molar-refractivity contribution in [3.63, 3.8) is 0 Å². The van der Waals surface area contributed by atoms with Crippen LogP contribution in [0.4, 0.5) is 0 Å². The lowest BCUT2D eigenvalue weighted by atomic mass is 9.74. The molecule has 2 aliphatic heterocycles. The van der Waals surface area contributed by atoms with Gasteiger partial charge in [0.25, 0.3) is 5.91 Å². The summed E-state index contributed by atoms with van der Waals surface area (Å²) >= 11 is 0. The van der Waals surface area contributed by atoms with E-state index in [4.69, 9.17) is 9.47 Å². The van der Waals surface area contributed by atoms with Crippen molar-refractivity contribution in [3.8, 4) is 0 Å². The second-order valence-electron chi connectivity index (χ2n) is 6.87. The van der Waals surface area contributed by atoms with Crippen LogP contribution < -0.4 is 0 Å². The molecule has 1 amide bonds. The fourth-order valence-corrected chi connectivity index (χ4v) is 4.20. The first-order chi connectivity index (χ1) is 10.5. The molecule has 0 aromatic heterocycles. The summed E-state index contributed by atoms with van der Waals surface area (Å²) in [5.41, 5.74) is 0.0931. The molecule has 2 saturated carbocycles. The molecule has 2 heterocycles. The fourth-order valence-electron chi connectivity index (χ4n) is 4.20. The molecule has 114 valence electrons. The van der Waals surface area contributed by atoms with Crippen LogP contribution in [-0.2, 0) is 9.47 Å². The van der Waals surface area contributed by atoms with Gasteiger partial charge in [-0.05, 0) is 38.2 Å².